The first-order valence-electron chi connectivity index (χ1n) is 16.1. The number of ketones is 2. The van der Waals surface area contributed by atoms with Gasteiger partial charge in [0.05, 0.1) is 18.2 Å². The van der Waals surface area contributed by atoms with Crippen molar-refractivity contribution in [2.24, 2.45) is 17.8 Å². The number of carbonyl (C=O) groups excluding carboxylic acids is 4. The summed E-state index contributed by atoms with van der Waals surface area (Å²) >= 11 is 0. The van der Waals surface area contributed by atoms with E-state index < -0.39 is 30.6 Å². The van der Waals surface area contributed by atoms with Crippen LogP contribution >= 0.6 is 0 Å². The Labute approximate surface area is 252 Å². The summed E-state index contributed by atoms with van der Waals surface area (Å²) in [5.74, 6) is -0.378. The zero-order chi connectivity index (χ0) is 30.9. The van der Waals surface area contributed by atoms with E-state index in [0.717, 1.165) is 37.2 Å². The highest BCUT2D eigenvalue weighted by Crippen LogP contribution is 2.30. The monoisotopic (exact) mass is 586 g/mol. The van der Waals surface area contributed by atoms with E-state index in [9.17, 15) is 24.3 Å². The Morgan fingerprint density at radius 2 is 1.69 bits per heavy atom. The quantitative estimate of drug-likeness (QED) is 0.175. The van der Waals surface area contributed by atoms with Crippen LogP contribution in [-0.4, -0.2) is 58.4 Å². The number of benzene rings is 1. The van der Waals surface area contributed by atoms with E-state index in [-0.39, 0.29) is 48.7 Å². The van der Waals surface area contributed by atoms with Crippen molar-refractivity contribution in [3.8, 4) is 0 Å². The van der Waals surface area contributed by atoms with Gasteiger partial charge in [-0.3, -0.25) is 19.2 Å². The smallest absolute Gasteiger partial charge is 0.220 e. The molecule has 1 saturated carbocycles. The van der Waals surface area contributed by atoms with Crippen LogP contribution in [0.5, 0.6) is 0 Å². The van der Waals surface area contributed by atoms with Crippen LogP contribution in [0.25, 0.3) is 0 Å². The van der Waals surface area contributed by atoms with E-state index in [1.165, 1.54) is 39.0 Å². The second-order valence-corrected chi connectivity index (χ2v) is 12.4. The molecular weight excluding hydrogens is 532 g/mol. The first-order chi connectivity index (χ1) is 20.1. The predicted octanol–water partition coefficient (Wildman–Crippen LogP) is 4.68. The molecule has 0 aliphatic heterocycles. The number of aliphatic hydroxyl groups is 2. The molecule has 8 nitrogen and oxygen atoms in total. The van der Waals surface area contributed by atoms with Gasteiger partial charge < -0.3 is 20.8 Å². The molecule has 1 aromatic carbocycles. The van der Waals surface area contributed by atoms with Crippen LogP contribution in [0.1, 0.15) is 110 Å². The fraction of sp³-hybridized carbons (Fsp3) is 0.706. The molecule has 1 aromatic rings. The van der Waals surface area contributed by atoms with Gasteiger partial charge in [-0.05, 0) is 42.6 Å². The topological polar surface area (TPSA) is 133 Å². The number of rotatable bonds is 20. The molecule has 1 aliphatic carbocycles. The van der Waals surface area contributed by atoms with E-state index in [4.69, 9.17) is 5.11 Å². The minimum Gasteiger partial charge on any atom is -0.391 e. The predicted molar refractivity (Wildman–Crippen MR) is 165 cm³/mol. The van der Waals surface area contributed by atoms with Gasteiger partial charge in [-0.2, -0.15) is 0 Å². The first kappa shape index (κ1) is 35.6. The van der Waals surface area contributed by atoms with Gasteiger partial charge in [-0.1, -0.05) is 95.5 Å². The molecule has 5 atom stereocenters. The number of aliphatic hydroxyl groups excluding tert-OH is 2. The van der Waals surface area contributed by atoms with Gasteiger partial charge in [0.15, 0.2) is 11.6 Å². The van der Waals surface area contributed by atoms with Gasteiger partial charge in [0.2, 0.25) is 11.8 Å². The summed E-state index contributed by atoms with van der Waals surface area (Å²) in [6, 6.07) is 8.45. The van der Waals surface area contributed by atoms with Crippen LogP contribution in [-0.2, 0) is 25.6 Å². The Morgan fingerprint density at radius 3 is 2.31 bits per heavy atom. The Bertz CT molecular complexity index is 962. The van der Waals surface area contributed by atoms with E-state index in [0.29, 0.717) is 12.8 Å². The van der Waals surface area contributed by atoms with Crippen molar-refractivity contribution in [2.45, 2.75) is 129 Å². The standard InChI is InChI=1S/C34H54N2O6/c1-4-24(2)34(35-25(3)38)32(41)22-28(17-11-16-26-12-7-5-8-13-26)21-31(40)30(20-27-14-9-6-10-15-27)36-33(42)19-18-29(39)23-37/h6,9-10,14-15,24,26,28,30-31,34,37,40H,4-5,7-8,11-13,16-23H2,1-3H3,(H,35,38)(H,36,42)/t24?,28-,30-,31-,34-/m0/s1. The van der Waals surface area contributed by atoms with Crippen LogP contribution in [0.15, 0.2) is 30.3 Å². The normalized spacial score (nSPS) is 17.5. The molecule has 1 fully saturated rings. The van der Waals surface area contributed by atoms with Crippen molar-refractivity contribution >= 4 is 23.4 Å². The lowest BCUT2D eigenvalue weighted by Crippen LogP contribution is -2.47. The Balaban J connectivity index is 2.18. The molecule has 0 bridgehead atoms. The Kier molecular flexibility index (Phi) is 16.6. The summed E-state index contributed by atoms with van der Waals surface area (Å²) in [5.41, 5.74) is 0.959. The van der Waals surface area contributed by atoms with Crippen molar-refractivity contribution < 1.29 is 29.4 Å². The SMILES string of the molecule is CCC(C)[C@H](NC(C)=O)C(=O)C[C@@H](CCCC1CCCCC1)C[C@H](O)[C@H](Cc1ccccc1)NC(=O)CCC(=O)CO. The number of Topliss-reactive ketones (excluding diaryl/α,β-unsaturated/α-hetero) is 2. The molecule has 4 N–H and O–H groups in total. The second kappa shape index (κ2) is 19.6. The van der Waals surface area contributed by atoms with E-state index in [1.54, 1.807) is 0 Å². The number of amides is 2. The minimum absolute atomic E-state index is 0.000890. The summed E-state index contributed by atoms with van der Waals surface area (Å²) in [5, 5.41) is 26.3. The summed E-state index contributed by atoms with van der Waals surface area (Å²) < 4.78 is 0. The van der Waals surface area contributed by atoms with Crippen LogP contribution in [0.2, 0.25) is 0 Å². The highest BCUT2D eigenvalue weighted by Gasteiger charge is 2.30. The molecule has 236 valence electrons. The van der Waals surface area contributed by atoms with Gasteiger partial charge in [0.1, 0.15) is 6.61 Å². The summed E-state index contributed by atoms with van der Waals surface area (Å²) in [7, 11) is 0. The average Bonchev–Trinajstić information content (AvgIpc) is 2.98. The molecule has 2 rings (SSSR count). The lowest BCUT2D eigenvalue weighted by atomic mass is 9.81. The number of nitrogens with one attached hydrogen (secondary N) is 2. The minimum atomic E-state index is -0.905. The third-order valence-corrected chi connectivity index (χ3v) is 8.85. The van der Waals surface area contributed by atoms with Gasteiger partial charge in [0.25, 0.3) is 0 Å². The number of hydrogen-bond donors (Lipinski definition) is 4. The third kappa shape index (κ3) is 13.6. The van der Waals surface area contributed by atoms with Crippen LogP contribution < -0.4 is 10.6 Å². The molecule has 0 saturated heterocycles. The van der Waals surface area contributed by atoms with Crippen molar-refractivity contribution in [2.75, 3.05) is 6.61 Å². The fourth-order valence-corrected chi connectivity index (χ4v) is 6.15. The molecule has 0 radical (unpaired) electrons. The van der Waals surface area contributed by atoms with Gasteiger partial charge in [-0.15, -0.1) is 0 Å². The molecule has 8 heteroatoms. The maximum Gasteiger partial charge on any atom is 0.220 e. The lowest BCUT2D eigenvalue weighted by Gasteiger charge is -2.30. The molecule has 0 spiro atoms. The van der Waals surface area contributed by atoms with Crippen molar-refractivity contribution in [1.82, 2.24) is 10.6 Å². The summed E-state index contributed by atoms with van der Waals surface area (Å²) in [4.78, 5) is 49.7. The largest absolute Gasteiger partial charge is 0.391 e. The molecular formula is C34H54N2O6. The van der Waals surface area contributed by atoms with Crippen LogP contribution in [0, 0.1) is 17.8 Å². The van der Waals surface area contributed by atoms with Crippen molar-refractivity contribution in [3.05, 3.63) is 35.9 Å². The van der Waals surface area contributed by atoms with Gasteiger partial charge >= 0.3 is 0 Å². The van der Waals surface area contributed by atoms with E-state index in [1.807, 2.05) is 44.2 Å². The highest BCUT2D eigenvalue weighted by molar-refractivity contribution is 5.89. The van der Waals surface area contributed by atoms with E-state index in [2.05, 4.69) is 10.6 Å². The third-order valence-electron chi connectivity index (χ3n) is 8.85. The molecule has 2 amide bonds. The Morgan fingerprint density at radius 1 is 1.00 bits per heavy atom. The highest BCUT2D eigenvalue weighted by atomic mass is 16.3. The fourth-order valence-electron chi connectivity index (χ4n) is 6.15. The zero-order valence-electron chi connectivity index (χ0n) is 26.0. The summed E-state index contributed by atoms with van der Waals surface area (Å²) in [6.45, 7) is 4.80. The number of carbonyl (C=O) groups is 4. The van der Waals surface area contributed by atoms with Crippen molar-refractivity contribution in [3.63, 3.8) is 0 Å². The maximum atomic E-state index is 13.5. The summed E-state index contributed by atoms with van der Waals surface area (Å²) in [6.07, 6.45) is 10.0. The molecule has 0 heterocycles. The lowest BCUT2D eigenvalue weighted by molar-refractivity contribution is -0.129. The van der Waals surface area contributed by atoms with Crippen LogP contribution in [0.4, 0.5) is 0 Å². The molecule has 0 aromatic heterocycles. The molecule has 1 unspecified atom stereocenters. The molecule has 42 heavy (non-hydrogen) atoms. The zero-order valence-corrected chi connectivity index (χ0v) is 26.0. The average molecular weight is 587 g/mol. The van der Waals surface area contributed by atoms with Gasteiger partial charge in [0, 0.05) is 26.2 Å². The second-order valence-electron chi connectivity index (χ2n) is 12.4. The number of hydrogen-bond acceptors (Lipinski definition) is 6. The first-order valence-corrected chi connectivity index (χ1v) is 16.1. The Hall–Kier alpha value is -2.58. The van der Waals surface area contributed by atoms with Crippen molar-refractivity contribution in [1.29, 1.82) is 0 Å². The van der Waals surface area contributed by atoms with Crippen LogP contribution in [0.3, 0.4) is 0 Å². The van der Waals surface area contributed by atoms with Gasteiger partial charge in [-0.25, -0.2) is 0 Å². The maximum absolute atomic E-state index is 13.5. The van der Waals surface area contributed by atoms with E-state index >= 15 is 0 Å². The molecule has 1 aliphatic rings.